The summed E-state index contributed by atoms with van der Waals surface area (Å²) in [7, 11) is 0. The molecule has 1 amide bonds. The van der Waals surface area contributed by atoms with E-state index in [2.05, 4.69) is 10.3 Å². The fraction of sp³-hybridized carbons (Fsp3) is 0.200. The van der Waals surface area contributed by atoms with E-state index in [9.17, 15) is 9.90 Å². The number of fused-ring (bicyclic) bond motifs is 1. The van der Waals surface area contributed by atoms with Crippen molar-refractivity contribution >= 4 is 22.4 Å². The number of nitrogens with one attached hydrogen (secondary N) is 1. The number of hydrogen-bond acceptors (Lipinski definition) is 4. The second-order valence-electron chi connectivity index (χ2n) is 6.61. The summed E-state index contributed by atoms with van der Waals surface area (Å²) in [5, 5.41) is 15.4. The van der Waals surface area contributed by atoms with Crippen molar-refractivity contribution in [1.82, 2.24) is 4.98 Å². The van der Waals surface area contributed by atoms with Gasteiger partial charge in [-0.1, -0.05) is 36.4 Å². The number of nitrogens with zero attached hydrogens (tertiary/aromatic N) is 1. The SMILES string of the molecule is CC1(C(=O)Nc2nccs2)Cc2ccc(O)cc2C1c1ccccc1. The Bertz CT molecular complexity index is 909. The molecule has 25 heavy (non-hydrogen) atoms. The summed E-state index contributed by atoms with van der Waals surface area (Å²) in [6.07, 6.45) is 2.30. The van der Waals surface area contributed by atoms with E-state index in [1.165, 1.54) is 11.3 Å². The molecule has 2 aromatic carbocycles. The zero-order chi connectivity index (χ0) is 17.4. The fourth-order valence-corrected chi connectivity index (χ4v) is 4.31. The highest BCUT2D eigenvalue weighted by Gasteiger charge is 2.49. The maximum Gasteiger partial charge on any atom is 0.233 e. The van der Waals surface area contributed by atoms with Gasteiger partial charge in [-0.2, -0.15) is 0 Å². The molecule has 0 fully saturated rings. The van der Waals surface area contributed by atoms with Gasteiger partial charge in [-0.3, -0.25) is 4.79 Å². The van der Waals surface area contributed by atoms with Gasteiger partial charge in [-0.15, -0.1) is 11.3 Å². The molecule has 1 aromatic heterocycles. The van der Waals surface area contributed by atoms with E-state index in [0.29, 0.717) is 11.6 Å². The van der Waals surface area contributed by atoms with Gasteiger partial charge in [0.05, 0.1) is 5.41 Å². The van der Waals surface area contributed by atoms with E-state index in [1.807, 2.05) is 48.7 Å². The first-order valence-electron chi connectivity index (χ1n) is 8.15. The summed E-state index contributed by atoms with van der Waals surface area (Å²) in [6, 6.07) is 15.4. The molecular weight excluding hydrogens is 332 g/mol. The van der Waals surface area contributed by atoms with Crippen LogP contribution < -0.4 is 5.32 Å². The van der Waals surface area contributed by atoms with Crippen LogP contribution in [0, 0.1) is 5.41 Å². The molecule has 0 aliphatic heterocycles. The van der Waals surface area contributed by atoms with Crippen molar-refractivity contribution in [3.63, 3.8) is 0 Å². The molecular formula is C20H18N2O2S. The molecule has 0 saturated heterocycles. The first-order valence-corrected chi connectivity index (χ1v) is 9.03. The third kappa shape index (κ3) is 2.70. The minimum atomic E-state index is -0.650. The van der Waals surface area contributed by atoms with Crippen LogP contribution >= 0.6 is 11.3 Å². The van der Waals surface area contributed by atoms with Crippen molar-refractivity contribution < 1.29 is 9.90 Å². The summed E-state index contributed by atoms with van der Waals surface area (Å²) < 4.78 is 0. The molecule has 3 aromatic rings. The average Bonchev–Trinajstić information content (AvgIpc) is 3.21. The number of anilines is 1. The van der Waals surface area contributed by atoms with Gasteiger partial charge in [0.25, 0.3) is 0 Å². The molecule has 2 unspecified atom stereocenters. The molecule has 0 saturated carbocycles. The third-order valence-corrected chi connectivity index (χ3v) is 5.63. The standard InChI is InChI=1S/C20H18N2O2S/c1-20(18(24)22-19-21-9-10-25-19)12-14-7-8-15(23)11-16(14)17(20)13-5-3-2-4-6-13/h2-11,17,23H,12H2,1H3,(H,21,22,24). The Balaban J connectivity index is 1.79. The van der Waals surface area contributed by atoms with Gasteiger partial charge in [-0.25, -0.2) is 4.98 Å². The number of rotatable bonds is 3. The summed E-state index contributed by atoms with van der Waals surface area (Å²) in [4.78, 5) is 17.3. The Kier molecular flexibility index (Phi) is 3.81. The average molecular weight is 350 g/mol. The molecule has 1 heterocycles. The van der Waals surface area contributed by atoms with Gasteiger partial charge in [0.1, 0.15) is 5.75 Å². The smallest absolute Gasteiger partial charge is 0.233 e. The van der Waals surface area contributed by atoms with Crippen molar-refractivity contribution in [1.29, 1.82) is 0 Å². The zero-order valence-electron chi connectivity index (χ0n) is 13.8. The molecule has 0 bridgehead atoms. The van der Waals surface area contributed by atoms with E-state index in [1.54, 1.807) is 18.3 Å². The normalized spacial score (nSPS) is 21.7. The molecule has 0 spiro atoms. The Hall–Kier alpha value is -2.66. The maximum absolute atomic E-state index is 13.2. The molecule has 0 radical (unpaired) electrons. The third-order valence-electron chi connectivity index (χ3n) is 4.94. The van der Waals surface area contributed by atoms with E-state index >= 15 is 0 Å². The Labute approximate surface area is 150 Å². The van der Waals surface area contributed by atoms with Crippen LogP contribution in [0.1, 0.15) is 29.5 Å². The summed E-state index contributed by atoms with van der Waals surface area (Å²) in [6.45, 7) is 1.99. The van der Waals surface area contributed by atoms with E-state index in [0.717, 1.165) is 16.7 Å². The maximum atomic E-state index is 13.2. The second-order valence-corrected chi connectivity index (χ2v) is 7.51. The molecule has 4 nitrogen and oxygen atoms in total. The van der Waals surface area contributed by atoms with Gasteiger partial charge < -0.3 is 10.4 Å². The van der Waals surface area contributed by atoms with Crippen LogP contribution in [0.4, 0.5) is 5.13 Å². The molecule has 1 aliphatic carbocycles. The number of thiazole rings is 1. The number of carbonyl (C=O) groups excluding carboxylic acids is 1. The van der Waals surface area contributed by atoms with Crippen molar-refractivity contribution in [2.24, 2.45) is 5.41 Å². The number of hydrogen-bond donors (Lipinski definition) is 2. The monoisotopic (exact) mass is 350 g/mol. The van der Waals surface area contributed by atoms with E-state index in [-0.39, 0.29) is 17.6 Å². The minimum absolute atomic E-state index is 0.0491. The van der Waals surface area contributed by atoms with Crippen LogP contribution in [0.25, 0.3) is 0 Å². The molecule has 2 atom stereocenters. The largest absolute Gasteiger partial charge is 0.508 e. The van der Waals surface area contributed by atoms with E-state index < -0.39 is 5.41 Å². The van der Waals surface area contributed by atoms with Gasteiger partial charge >= 0.3 is 0 Å². The highest BCUT2D eigenvalue weighted by molar-refractivity contribution is 7.13. The molecule has 126 valence electrons. The lowest BCUT2D eigenvalue weighted by molar-refractivity contribution is -0.125. The van der Waals surface area contributed by atoms with Gasteiger partial charge in [0.15, 0.2) is 5.13 Å². The van der Waals surface area contributed by atoms with Gasteiger partial charge in [0, 0.05) is 17.5 Å². The minimum Gasteiger partial charge on any atom is -0.508 e. The molecule has 4 rings (SSSR count). The lowest BCUT2D eigenvalue weighted by Crippen LogP contribution is -2.37. The number of aromatic nitrogens is 1. The highest BCUT2D eigenvalue weighted by atomic mass is 32.1. The first-order chi connectivity index (χ1) is 12.1. The van der Waals surface area contributed by atoms with Crippen LogP contribution in [0.3, 0.4) is 0 Å². The Morgan fingerprint density at radius 2 is 2.08 bits per heavy atom. The van der Waals surface area contributed by atoms with Gasteiger partial charge in [-0.05, 0) is 42.2 Å². The fourth-order valence-electron chi connectivity index (χ4n) is 3.78. The van der Waals surface area contributed by atoms with Crippen LogP contribution in [0.2, 0.25) is 0 Å². The lowest BCUT2D eigenvalue weighted by Gasteiger charge is -2.30. The zero-order valence-corrected chi connectivity index (χ0v) is 14.6. The van der Waals surface area contributed by atoms with Crippen LogP contribution in [0.5, 0.6) is 5.75 Å². The topological polar surface area (TPSA) is 62.2 Å². The van der Waals surface area contributed by atoms with E-state index in [4.69, 9.17) is 0 Å². The molecule has 2 N–H and O–H groups in total. The Morgan fingerprint density at radius 1 is 1.28 bits per heavy atom. The number of amides is 1. The van der Waals surface area contributed by atoms with Crippen LogP contribution in [-0.4, -0.2) is 16.0 Å². The van der Waals surface area contributed by atoms with Crippen molar-refractivity contribution in [3.8, 4) is 5.75 Å². The predicted molar refractivity (Wildman–Crippen MR) is 98.9 cm³/mol. The van der Waals surface area contributed by atoms with Crippen molar-refractivity contribution in [2.45, 2.75) is 19.3 Å². The summed E-state index contributed by atoms with van der Waals surface area (Å²) in [5.41, 5.74) is 2.54. The lowest BCUT2D eigenvalue weighted by atomic mass is 9.73. The summed E-state index contributed by atoms with van der Waals surface area (Å²) >= 11 is 1.41. The predicted octanol–water partition coefficient (Wildman–Crippen LogP) is 4.18. The first kappa shape index (κ1) is 15.8. The van der Waals surface area contributed by atoms with Crippen molar-refractivity contribution in [3.05, 3.63) is 76.8 Å². The number of benzene rings is 2. The number of phenolic OH excluding ortho intramolecular Hbond substituents is 1. The number of phenols is 1. The van der Waals surface area contributed by atoms with Crippen LogP contribution in [-0.2, 0) is 11.2 Å². The quantitative estimate of drug-likeness (QED) is 0.745. The molecule has 1 aliphatic rings. The second kappa shape index (κ2) is 6.01. The van der Waals surface area contributed by atoms with Crippen molar-refractivity contribution in [2.75, 3.05) is 5.32 Å². The Morgan fingerprint density at radius 3 is 2.80 bits per heavy atom. The number of aromatic hydroxyl groups is 1. The van der Waals surface area contributed by atoms with Crippen LogP contribution in [0.15, 0.2) is 60.1 Å². The molecule has 5 heteroatoms. The highest BCUT2D eigenvalue weighted by Crippen LogP contribution is 2.52. The van der Waals surface area contributed by atoms with Gasteiger partial charge in [0.2, 0.25) is 5.91 Å². The number of carbonyl (C=O) groups is 1. The summed E-state index contributed by atoms with van der Waals surface area (Å²) in [5.74, 6) is 0.0621.